The molecule has 2 aromatic rings. The van der Waals surface area contributed by atoms with Crippen LogP contribution < -0.4 is 20.3 Å². The predicted octanol–water partition coefficient (Wildman–Crippen LogP) is 4.74. The molecule has 2 N–H and O–H groups in total. The van der Waals surface area contributed by atoms with Crippen molar-refractivity contribution < 1.29 is 19.1 Å². The number of ether oxygens (including phenoxy) is 2. The smallest absolute Gasteiger partial charge is 0.273 e. The molecular weight excluding hydrogens is 436 g/mol. The first-order valence-corrected chi connectivity index (χ1v) is 10.5. The van der Waals surface area contributed by atoms with E-state index in [2.05, 4.69) is 40.6 Å². The normalized spacial score (nSPS) is 10.5. The van der Waals surface area contributed by atoms with Crippen LogP contribution in [0.3, 0.4) is 0 Å². The molecule has 29 heavy (non-hydrogen) atoms. The van der Waals surface area contributed by atoms with Crippen molar-refractivity contribution in [1.29, 1.82) is 0 Å². The van der Waals surface area contributed by atoms with E-state index in [1.54, 1.807) is 42.5 Å². The Kier molecular flexibility index (Phi) is 8.99. The van der Waals surface area contributed by atoms with E-state index in [0.29, 0.717) is 41.8 Å². The Morgan fingerprint density at radius 3 is 2.31 bits per heavy atom. The zero-order chi connectivity index (χ0) is 21.2. The Morgan fingerprint density at radius 1 is 0.966 bits per heavy atom. The van der Waals surface area contributed by atoms with Gasteiger partial charge in [-0.2, -0.15) is 0 Å². The van der Waals surface area contributed by atoms with Crippen LogP contribution in [-0.2, 0) is 0 Å². The summed E-state index contributed by atoms with van der Waals surface area (Å²) in [7, 11) is 0. The van der Waals surface area contributed by atoms with Gasteiger partial charge in [0, 0.05) is 10.0 Å². The van der Waals surface area contributed by atoms with Gasteiger partial charge in [0.05, 0.1) is 18.8 Å². The molecule has 156 valence electrons. The molecule has 0 saturated carbocycles. The summed E-state index contributed by atoms with van der Waals surface area (Å²) >= 11 is 3.35. The second-order valence-corrected chi connectivity index (χ2v) is 7.87. The Bertz CT molecular complexity index is 822. The molecule has 0 aliphatic carbocycles. The Balaban J connectivity index is 1.93. The number of hydrazine groups is 1. The van der Waals surface area contributed by atoms with Gasteiger partial charge < -0.3 is 9.47 Å². The molecule has 0 heterocycles. The van der Waals surface area contributed by atoms with Crippen LogP contribution in [0.1, 0.15) is 54.3 Å². The number of hydrogen-bond donors (Lipinski definition) is 2. The van der Waals surface area contributed by atoms with Crippen LogP contribution in [0.15, 0.2) is 46.9 Å². The number of carbonyl (C=O) groups is 2. The van der Waals surface area contributed by atoms with Gasteiger partial charge in [-0.25, -0.2) is 0 Å². The summed E-state index contributed by atoms with van der Waals surface area (Å²) in [5.41, 5.74) is 5.61. The van der Waals surface area contributed by atoms with Crippen LogP contribution in [0.2, 0.25) is 0 Å². The fraction of sp³-hybridized carbons (Fsp3) is 0.364. The van der Waals surface area contributed by atoms with Gasteiger partial charge in [0.15, 0.2) is 0 Å². The van der Waals surface area contributed by atoms with Crippen LogP contribution in [0, 0.1) is 5.92 Å². The van der Waals surface area contributed by atoms with Crippen molar-refractivity contribution in [2.45, 2.75) is 33.6 Å². The van der Waals surface area contributed by atoms with E-state index < -0.39 is 11.8 Å². The number of rotatable bonds is 9. The van der Waals surface area contributed by atoms with Crippen LogP contribution in [0.4, 0.5) is 0 Å². The molecule has 0 unspecified atom stereocenters. The van der Waals surface area contributed by atoms with E-state index in [1.165, 1.54) is 0 Å². The summed E-state index contributed by atoms with van der Waals surface area (Å²) in [4.78, 5) is 24.8. The van der Waals surface area contributed by atoms with Crippen molar-refractivity contribution >= 4 is 27.7 Å². The Labute approximate surface area is 180 Å². The molecule has 2 amide bonds. The quantitative estimate of drug-likeness (QED) is 0.527. The topological polar surface area (TPSA) is 76.7 Å². The first-order valence-electron chi connectivity index (χ1n) is 9.66. The maximum atomic E-state index is 12.5. The van der Waals surface area contributed by atoms with Gasteiger partial charge in [0.25, 0.3) is 11.8 Å². The number of carbonyl (C=O) groups excluding carboxylic acids is 2. The largest absolute Gasteiger partial charge is 0.494 e. The van der Waals surface area contributed by atoms with Crippen LogP contribution >= 0.6 is 15.9 Å². The van der Waals surface area contributed by atoms with Gasteiger partial charge in [-0.1, -0.05) is 36.7 Å². The molecule has 0 spiro atoms. The van der Waals surface area contributed by atoms with E-state index in [9.17, 15) is 9.59 Å². The molecule has 0 aliphatic rings. The molecule has 0 atom stereocenters. The summed E-state index contributed by atoms with van der Waals surface area (Å²) in [6.07, 6.45) is 1.79. The van der Waals surface area contributed by atoms with Crippen molar-refractivity contribution in [3.05, 3.63) is 58.1 Å². The molecule has 0 aromatic heterocycles. The highest BCUT2D eigenvalue weighted by Crippen LogP contribution is 2.23. The third-order valence-electron chi connectivity index (χ3n) is 4.02. The minimum atomic E-state index is -0.459. The number of nitrogens with one attached hydrogen (secondary N) is 2. The summed E-state index contributed by atoms with van der Waals surface area (Å²) in [6.45, 7) is 7.39. The highest BCUT2D eigenvalue weighted by Gasteiger charge is 2.15. The van der Waals surface area contributed by atoms with Gasteiger partial charge in [0.1, 0.15) is 11.5 Å². The minimum absolute atomic E-state index is 0.335. The second-order valence-electron chi connectivity index (χ2n) is 6.95. The first kappa shape index (κ1) is 22.7. The van der Waals surface area contributed by atoms with Gasteiger partial charge >= 0.3 is 0 Å². The summed E-state index contributed by atoms with van der Waals surface area (Å²) < 4.78 is 12.0. The van der Waals surface area contributed by atoms with Gasteiger partial charge in [-0.05, 0) is 61.2 Å². The van der Waals surface area contributed by atoms with Crippen molar-refractivity contribution in [3.63, 3.8) is 0 Å². The average molecular weight is 463 g/mol. The molecular formula is C22H27BrN2O4. The van der Waals surface area contributed by atoms with Crippen LogP contribution in [0.5, 0.6) is 11.5 Å². The van der Waals surface area contributed by atoms with Crippen molar-refractivity contribution in [3.8, 4) is 11.5 Å². The molecule has 0 bridgehead atoms. The molecule has 2 rings (SSSR count). The van der Waals surface area contributed by atoms with Crippen LogP contribution in [-0.4, -0.2) is 25.0 Å². The van der Waals surface area contributed by atoms with Gasteiger partial charge in [0.2, 0.25) is 0 Å². The van der Waals surface area contributed by atoms with Gasteiger partial charge in [-0.3, -0.25) is 20.4 Å². The third-order valence-corrected chi connectivity index (χ3v) is 4.51. The third kappa shape index (κ3) is 7.42. The lowest BCUT2D eigenvalue weighted by molar-refractivity contribution is 0.0844. The second kappa shape index (κ2) is 11.5. The zero-order valence-corrected chi connectivity index (χ0v) is 18.5. The highest BCUT2D eigenvalue weighted by atomic mass is 79.9. The van der Waals surface area contributed by atoms with E-state index in [4.69, 9.17) is 9.47 Å². The molecule has 0 fully saturated rings. The highest BCUT2D eigenvalue weighted by molar-refractivity contribution is 9.10. The van der Waals surface area contributed by atoms with E-state index >= 15 is 0 Å². The van der Waals surface area contributed by atoms with E-state index in [-0.39, 0.29) is 0 Å². The monoisotopic (exact) mass is 462 g/mol. The molecule has 0 aliphatic heterocycles. The van der Waals surface area contributed by atoms with E-state index in [0.717, 1.165) is 17.3 Å². The number of hydrogen-bond acceptors (Lipinski definition) is 4. The van der Waals surface area contributed by atoms with Crippen LogP contribution in [0.25, 0.3) is 0 Å². The molecule has 0 saturated heterocycles. The maximum absolute atomic E-state index is 12.5. The number of benzene rings is 2. The SMILES string of the molecule is CCCOc1ccc(Br)cc1C(=O)NNC(=O)c1ccc(OCCC(C)C)cc1. The summed E-state index contributed by atoms with van der Waals surface area (Å²) in [6, 6.07) is 11.9. The summed E-state index contributed by atoms with van der Waals surface area (Å²) in [5, 5.41) is 0. The lowest BCUT2D eigenvalue weighted by Gasteiger charge is -2.13. The van der Waals surface area contributed by atoms with Gasteiger partial charge in [-0.15, -0.1) is 0 Å². The lowest BCUT2D eigenvalue weighted by Crippen LogP contribution is -2.41. The van der Waals surface area contributed by atoms with Crippen molar-refractivity contribution in [2.24, 2.45) is 5.92 Å². The molecule has 7 heteroatoms. The number of halogens is 1. The zero-order valence-electron chi connectivity index (χ0n) is 17.0. The summed E-state index contributed by atoms with van der Waals surface area (Å²) in [5.74, 6) is 0.863. The standard InChI is InChI=1S/C22H27BrN2O4/c1-4-12-29-20-10-7-17(23)14-19(20)22(27)25-24-21(26)16-5-8-18(9-6-16)28-13-11-15(2)3/h5-10,14-15H,4,11-13H2,1-3H3,(H,24,26)(H,25,27). The molecule has 2 aromatic carbocycles. The Hall–Kier alpha value is -2.54. The molecule has 0 radical (unpaired) electrons. The average Bonchev–Trinajstić information content (AvgIpc) is 2.71. The molecule has 6 nitrogen and oxygen atoms in total. The fourth-order valence-electron chi connectivity index (χ4n) is 2.39. The fourth-order valence-corrected chi connectivity index (χ4v) is 2.75. The van der Waals surface area contributed by atoms with Crippen molar-refractivity contribution in [2.75, 3.05) is 13.2 Å². The predicted molar refractivity (Wildman–Crippen MR) is 116 cm³/mol. The first-order chi connectivity index (χ1) is 13.9. The van der Waals surface area contributed by atoms with Crippen molar-refractivity contribution in [1.82, 2.24) is 10.9 Å². The lowest BCUT2D eigenvalue weighted by atomic mass is 10.1. The Morgan fingerprint density at radius 2 is 1.66 bits per heavy atom. The maximum Gasteiger partial charge on any atom is 0.273 e. The number of amides is 2. The minimum Gasteiger partial charge on any atom is -0.494 e. The van der Waals surface area contributed by atoms with E-state index in [1.807, 2.05) is 6.92 Å².